The van der Waals surface area contributed by atoms with Crippen LogP contribution in [0.5, 0.6) is 0 Å². The minimum absolute atomic E-state index is 0.630. The van der Waals surface area contributed by atoms with Gasteiger partial charge in [-0.3, -0.25) is 0 Å². The van der Waals surface area contributed by atoms with Gasteiger partial charge in [0.25, 0.3) is 0 Å². The lowest BCUT2D eigenvalue weighted by Crippen LogP contribution is -1.84. The smallest absolute Gasteiger partial charge is 0.194 e. The monoisotopic (exact) mass is 425 g/mol. The van der Waals surface area contributed by atoms with E-state index in [1.165, 1.54) is 3.57 Å². The predicted molar refractivity (Wildman–Crippen MR) is 81.4 cm³/mol. The minimum Gasteiger partial charge on any atom is -0.441 e. The molecule has 0 bridgehead atoms. The maximum Gasteiger partial charge on any atom is 0.194 e. The van der Waals surface area contributed by atoms with E-state index in [4.69, 9.17) is 16.0 Å². The van der Waals surface area contributed by atoms with E-state index in [9.17, 15) is 0 Å². The van der Waals surface area contributed by atoms with Crippen molar-refractivity contribution in [1.82, 2.24) is 4.98 Å². The molecule has 1 heterocycles. The Morgan fingerprint density at radius 3 is 3.00 bits per heavy atom. The molecule has 0 saturated heterocycles. The second kappa shape index (κ2) is 6.20. The van der Waals surface area contributed by atoms with Crippen LogP contribution in [0, 0.1) is 3.57 Å². The first-order valence-corrected chi connectivity index (χ1v) is 7.57. The van der Waals surface area contributed by atoms with Crippen LogP contribution >= 0.6 is 50.1 Å². The molecule has 17 heavy (non-hydrogen) atoms. The fourth-order valence-electron chi connectivity index (χ4n) is 1.45. The normalized spacial score (nSPS) is 10.8. The SMILES string of the molecule is ClCCCc1ncc(-c2cc(I)ccc2Br)o1. The minimum atomic E-state index is 0.630. The van der Waals surface area contributed by atoms with Crippen molar-refractivity contribution >= 4 is 50.1 Å². The molecule has 0 aliphatic rings. The molecule has 0 saturated carbocycles. The third-order valence-electron chi connectivity index (χ3n) is 2.27. The molecule has 90 valence electrons. The molecule has 1 aromatic heterocycles. The van der Waals surface area contributed by atoms with E-state index in [-0.39, 0.29) is 0 Å². The van der Waals surface area contributed by atoms with Crippen molar-refractivity contribution in [3.05, 3.63) is 38.3 Å². The number of rotatable bonds is 4. The number of hydrogen-bond donors (Lipinski definition) is 0. The van der Waals surface area contributed by atoms with E-state index in [2.05, 4.69) is 49.6 Å². The molecule has 2 aromatic rings. The highest BCUT2D eigenvalue weighted by Crippen LogP contribution is 2.30. The second-order valence-corrected chi connectivity index (χ2v) is 6.01. The van der Waals surface area contributed by atoms with Gasteiger partial charge in [-0.05, 0) is 47.2 Å². The molecule has 0 radical (unpaired) electrons. The molecule has 0 aliphatic heterocycles. The van der Waals surface area contributed by atoms with Crippen LogP contribution in [0.3, 0.4) is 0 Å². The number of benzene rings is 1. The van der Waals surface area contributed by atoms with E-state index >= 15 is 0 Å². The summed E-state index contributed by atoms with van der Waals surface area (Å²) in [6.07, 6.45) is 3.43. The fraction of sp³-hybridized carbons (Fsp3) is 0.250. The molecule has 0 unspecified atom stereocenters. The average Bonchev–Trinajstić information content (AvgIpc) is 2.78. The Labute approximate surface area is 127 Å². The van der Waals surface area contributed by atoms with Gasteiger partial charge in [-0.25, -0.2) is 4.98 Å². The number of hydrogen-bond acceptors (Lipinski definition) is 2. The van der Waals surface area contributed by atoms with Crippen molar-refractivity contribution in [3.8, 4) is 11.3 Å². The van der Waals surface area contributed by atoms with Gasteiger partial charge in [0.2, 0.25) is 0 Å². The standard InChI is InChI=1S/C12H10BrClINO/c13-10-4-3-8(15)6-9(10)11-7-16-12(17-11)2-1-5-14/h3-4,6-7H,1-2,5H2. The first kappa shape index (κ1) is 13.4. The number of oxazole rings is 1. The van der Waals surface area contributed by atoms with Gasteiger partial charge < -0.3 is 4.42 Å². The van der Waals surface area contributed by atoms with Crippen LogP contribution in [0.2, 0.25) is 0 Å². The Hall–Kier alpha value is -0.0700. The molecule has 0 N–H and O–H groups in total. The Kier molecular flexibility index (Phi) is 4.87. The van der Waals surface area contributed by atoms with Gasteiger partial charge in [0.15, 0.2) is 11.7 Å². The molecular weight excluding hydrogens is 416 g/mol. The van der Waals surface area contributed by atoms with Crippen molar-refractivity contribution < 1.29 is 4.42 Å². The summed E-state index contributed by atoms with van der Waals surface area (Å²) in [5, 5.41) is 0. The number of aromatic nitrogens is 1. The van der Waals surface area contributed by atoms with E-state index in [1.54, 1.807) is 6.20 Å². The van der Waals surface area contributed by atoms with E-state index in [0.29, 0.717) is 5.88 Å². The maximum absolute atomic E-state index is 5.70. The molecule has 0 atom stereocenters. The number of nitrogens with zero attached hydrogens (tertiary/aromatic N) is 1. The fourth-order valence-corrected chi connectivity index (χ4v) is 2.52. The molecule has 0 amide bonds. The molecule has 0 aliphatic carbocycles. The molecule has 0 spiro atoms. The molecule has 0 fully saturated rings. The molecule has 2 nitrogen and oxygen atoms in total. The summed E-state index contributed by atoms with van der Waals surface area (Å²) in [5.74, 6) is 2.16. The number of halogens is 3. The van der Waals surface area contributed by atoms with Gasteiger partial charge in [-0.1, -0.05) is 15.9 Å². The van der Waals surface area contributed by atoms with E-state index in [1.807, 2.05) is 12.1 Å². The second-order valence-electron chi connectivity index (χ2n) is 3.53. The summed E-state index contributed by atoms with van der Waals surface area (Å²) < 4.78 is 7.88. The van der Waals surface area contributed by atoms with Crippen LogP contribution in [0.25, 0.3) is 11.3 Å². The Bertz CT molecular complexity index is 515. The Morgan fingerprint density at radius 1 is 1.41 bits per heavy atom. The zero-order valence-corrected chi connectivity index (χ0v) is 13.4. The van der Waals surface area contributed by atoms with Crippen molar-refractivity contribution in [1.29, 1.82) is 0 Å². The third-order valence-corrected chi connectivity index (χ3v) is 3.90. The summed E-state index contributed by atoms with van der Waals surface area (Å²) in [6.45, 7) is 0. The first-order valence-electron chi connectivity index (χ1n) is 5.17. The van der Waals surface area contributed by atoms with Gasteiger partial charge in [-0.2, -0.15) is 0 Å². The lowest BCUT2D eigenvalue weighted by atomic mass is 10.2. The lowest BCUT2D eigenvalue weighted by Gasteiger charge is -2.01. The highest BCUT2D eigenvalue weighted by Gasteiger charge is 2.09. The first-order chi connectivity index (χ1) is 8.20. The van der Waals surface area contributed by atoms with Crippen molar-refractivity contribution in [2.24, 2.45) is 0 Å². The lowest BCUT2D eigenvalue weighted by molar-refractivity contribution is 0.503. The highest BCUT2D eigenvalue weighted by atomic mass is 127. The maximum atomic E-state index is 5.70. The predicted octanol–water partition coefficient (Wildman–Crippen LogP) is 4.88. The van der Waals surface area contributed by atoms with Crippen LogP contribution < -0.4 is 0 Å². The van der Waals surface area contributed by atoms with Crippen molar-refractivity contribution in [2.75, 3.05) is 5.88 Å². The largest absolute Gasteiger partial charge is 0.441 e. The highest BCUT2D eigenvalue weighted by molar-refractivity contribution is 14.1. The molecule has 1 aromatic carbocycles. The summed E-state index contributed by atoms with van der Waals surface area (Å²) in [6, 6.07) is 6.12. The van der Waals surface area contributed by atoms with Crippen LogP contribution in [-0.2, 0) is 6.42 Å². The quantitative estimate of drug-likeness (QED) is 0.515. The zero-order chi connectivity index (χ0) is 12.3. The number of aryl methyl sites for hydroxylation is 1. The van der Waals surface area contributed by atoms with Crippen molar-refractivity contribution in [3.63, 3.8) is 0 Å². The van der Waals surface area contributed by atoms with Crippen LogP contribution in [0.4, 0.5) is 0 Å². The van der Waals surface area contributed by atoms with Crippen LogP contribution in [0.1, 0.15) is 12.3 Å². The molecular formula is C12H10BrClINO. The summed E-state index contributed by atoms with van der Waals surface area (Å²) in [5.41, 5.74) is 1.03. The third kappa shape index (κ3) is 3.45. The van der Waals surface area contributed by atoms with Crippen molar-refractivity contribution in [2.45, 2.75) is 12.8 Å². The van der Waals surface area contributed by atoms with Gasteiger partial charge in [0, 0.05) is 25.9 Å². The van der Waals surface area contributed by atoms with Gasteiger partial charge in [-0.15, -0.1) is 11.6 Å². The topological polar surface area (TPSA) is 26.0 Å². The van der Waals surface area contributed by atoms with E-state index < -0.39 is 0 Å². The van der Waals surface area contributed by atoms with Gasteiger partial charge in [0.05, 0.1) is 6.20 Å². The van der Waals surface area contributed by atoms with Gasteiger partial charge in [0.1, 0.15) is 0 Å². The summed E-state index contributed by atoms with van der Waals surface area (Å²) >= 11 is 11.4. The van der Waals surface area contributed by atoms with Crippen LogP contribution in [0.15, 0.2) is 33.3 Å². The average molecular weight is 426 g/mol. The summed E-state index contributed by atoms with van der Waals surface area (Å²) in [4.78, 5) is 4.25. The zero-order valence-electron chi connectivity index (χ0n) is 8.92. The molecule has 5 heteroatoms. The Balaban J connectivity index is 2.27. The number of alkyl halides is 1. The summed E-state index contributed by atoms with van der Waals surface area (Å²) in [7, 11) is 0. The van der Waals surface area contributed by atoms with Crippen LogP contribution in [-0.4, -0.2) is 10.9 Å². The molecule has 2 rings (SSSR count). The Morgan fingerprint density at radius 2 is 2.24 bits per heavy atom. The van der Waals surface area contributed by atoms with E-state index in [0.717, 1.165) is 34.5 Å². The van der Waals surface area contributed by atoms with Gasteiger partial charge >= 0.3 is 0 Å².